The molecule has 0 saturated carbocycles. The molecule has 1 aromatic heterocycles. The summed E-state index contributed by atoms with van der Waals surface area (Å²) in [6.45, 7) is -0.687. The Kier molecular flexibility index (Phi) is 3.11. The zero-order chi connectivity index (χ0) is 10.0. The van der Waals surface area contributed by atoms with Gasteiger partial charge in [-0.3, -0.25) is 0 Å². The van der Waals surface area contributed by atoms with Gasteiger partial charge in [-0.15, -0.1) is 0 Å². The number of hydrogen-bond acceptors (Lipinski definition) is 2. The lowest BCUT2D eigenvalue weighted by atomic mass is 10.2. The quantitative estimate of drug-likeness (QED) is 0.762. The van der Waals surface area contributed by atoms with Gasteiger partial charge in [-0.2, -0.15) is 0 Å². The van der Waals surface area contributed by atoms with Crippen LogP contribution in [0.15, 0.2) is 6.07 Å². The van der Waals surface area contributed by atoms with E-state index in [-0.39, 0.29) is 5.56 Å². The molecule has 1 aromatic rings. The summed E-state index contributed by atoms with van der Waals surface area (Å²) in [7, 11) is 0. The zero-order valence-corrected chi connectivity index (χ0v) is 7.02. The van der Waals surface area contributed by atoms with E-state index in [1.165, 1.54) is 0 Å². The first-order chi connectivity index (χ1) is 6.06. The van der Waals surface area contributed by atoms with Crippen molar-refractivity contribution in [1.82, 2.24) is 4.98 Å². The Morgan fingerprint density at radius 3 is 2.62 bits per heavy atom. The van der Waals surface area contributed by atoms with E-state index in [0.717, 1.165) is 6.07 Å². The van der Waals surface area contributed by atoms with E-state index in [4.69, 9.17) is 16.7 Å². The lowest BCUT2D eigenvalue weighted by Crippen LogP contribution is -1.99. The second-order valence-corrected chi connectivity index (χ2v) is 2.63. The maximum Gasteiger partial charge on any atom is 0.280 e. The molecule has 0 amide bonds. The molecular weight excluding hydrogens is 207 g/mol. The highest BCUT2D eigenvalue weighted by Crippen LogP contribution is 2.23. The first kappa shape index (κ1) is 10.3. The van der Waals surface area contributed by atoms with Gasteiger partial charge >= 0.3 is 0 Å². The number of aliphatic hydroxyl groups is 1. The van der Waals surface area contributed by atoms with Crippen molar-refractivity contribution in [3.05, 3.63) is 28.3 Å². The third-order valence-electron chi connectivity index (χ3n) is 1.41. The van der Waals surface area contributed by atoms with Gasteiger partial charge < -0.3 is 5.11 Å². The van der Waals surface area contributed by atoms with Gasteiger partial charge in [0.05, 0.1) is 6.61 Å². The van der Waals surface area contributed by atoms with Crippen molar-refractivity contribution < 1.29 is 18.3 Å². The highest BCUT2D eigenvalue weighted by Gasteiger charge is 2.15. The third kappa shape index (κ3) is 2.10. The Morgan fingerprint density at radius 2 is 2.15 bits per heavy atom. The molecule has 0 radical (unpaired) electrons. The average molecular weight is 212 g/mol. The number of rotatable bonds is 2. The van der Waals surface area contributed by atoms with Crippen LogP contribution in [-0.4, -0.2) is 10.1 Å². The third-order valence-corrected chi connectivity index (χ3v) is 1.66. The smallest absolute Gasteiger partial charge is 0.280 e. The normalized spacial score (nSPS) is 10.9. The number of aromatic nitrogens is 1. The van der Waals surface area contributed by atoms with E-state index in [9.17, 15) is 13.2 Å². The van der Waals surface area contributed by atoms with Gasteiger partial charge in [-0.1, -0.05) is 11.6 Å². The predicted octanol–water partition coefficient (Wildman–Crippen LogP) is 2.30. The van der Waals surface area contributed by atoms with Crippen LogP contribution in [0.25, 0.3) is 0 Å². The summed E-state index contributed by atoms with van der Waals surface area (Å²) in [5, 5.41) is 7.93. The van der Waals surface area contributed by atoms with E-state index < -0.39 is 29.7 Å². The molecule has 0 aliphatic heterocycles. The number of pyridine rings is 1. The molecule has 0 aliphatic rings. The SMILES string of the molecule is OCc1cc(C(F)F)nc(Cl)c1F. The molecule has 0 aliphatic carbocycles. The fourth-order valence-corrected chi connectivity index (χ4v) is 1.01. The van der Waals surface area contributed by atoms with Crippen LogP contribution < -0.4 is 0 Å². The number of aliphatic hydroxyl groups excluding tert-OH is 1. The minimum Gasteiger partial charge on any atom is -0.392 e. The predicted molar refractivity (Wildman–Crippen MR) is 40.1 cm³/mol. The Morgan fingerprint density at radius 1 is 1.54 bits per heavy atom. The Labute approximate surface area is 77.0 Å². The summed E-state index contributed by atoms with van der Waals surface area (Å²) in [6.07, 6.45) is -2.83. The highest BCUT2D eigenvalue weighted by atomic mass is 35.5. The maximum absolute atomic E-state index is 12.8. The van der Waals surface area contributed by atoms with Crippen LogP contribution in [0.4, 0.5) is 13.2 Å². The number of hydrogen-bond donors (Lipinski definition) is 1. The van der Waals surface area contributed by atoms with Crippen molar-refractivity contribution in [2.24, 2.45) is 0 Å². The molecule has 0 bridgehead atoms. The van der Waals surface area contributed by atoms with Crippen LogP contribution in [-0.2, 0) is 6.61 Å². The van der Waals surface area contributed by atoms with Crippen LogP contribution in [0.2, 0.25) is 5.15 Å². The maximum atomic E-state index is 12.8. The second-order valence-electron chi connectivity index (χ2n) is 2.27. The van der Waals surface area contributed by atoms with E-state index in [1.807, 2.05) is 0 Å². The average Bonchev–Trinajstić information content (AvgIpc) is 2.09. The topological polar surface area (TPSA) is 33.1 Å². The fourth-order valence-electron chi connectivity index (χ4n) is 0.796. The molecular formula is C7H5ClF3NO. The van der Waals surface area contributed by atoms with Gasteiger partial charge in [0.15, 0.2) is 11.0 Å². The summed E-state index contributed by atoms with van der Waals surface area (Å²) in [5.74, 6) is -0.964. The molecule has 0 fully saturated rings. The van der Waals surface area contributed by atoms with Gasteiger partial charge in [0.1, 0.15) is 5.69 Å². The van der Waals surface area contributed by atoms with Crippen molar-refractivity contribution in [1.29, 1.82) is 0 Å². The molecule has 0 unspecified atom stereocenters. The van der Waals surface area contributed by atoms with Crippen LogP contribution in [0.5, 0.6) is 0 Å². The second kappa shape index (κ2) is 3.93. The summed E-state index contributed by atoms with van der Waals surface area (Å²) in [6, 6.07) is 0.784. The van der Waals surface area contributed by atoms with Gasteiger partial charge in [0, 0.05) is 5.56 Å². The van der Waals surface area contributed by atoms with Crippen molar-refractivity contribution in [2.45, 2.75) is 13.0 Å². The lowest BCUT2D eigenvalue weighted by molar-refractivity contribution is 0.145. The van der Waals surface area contributed by atoms with Crippen LogP contribution in [0.1, 0.15) is 17.7 Å². The largest absolute Gasteiger partial charge is 0.392 e. The minimum atomic E-state index is -2.83. The van der Waals surface area contributed by atoms with E-state index in [0.29, 0.717) is 0 Å². The molecule has 6 heteroatoms. The molecule has 13 heavy (non-hydrogen) atoms. The summed E-state index contributed by atoms with van der Waals surface area (Å²) >= 11 is 5.21. The van der Waals surface area contributed by atoms with Gasteiger partial charge in [-0.25, -0.2) is 18.2 Å². The van der Waals surface area contributed by atoms with Gasteiger partial charge in [0.2, 0.25) is 0 Å². The summed E-state index contributed by atoms with van der Waals surface area (Å²) in [4.78, 5) is 3.11. The lowest BCUT2D eigenvalue weighted by Gasteiger charge is -2.04. The highest BCUT2D eigenvalue weighted by molar-refractivity contribution is 6.29. The molecule has 2 nitrogen and oxygen atoms in total. The molecule has 0 spiro atoms. The van der Waals surface area contributed by atoms with Crippen LogP contribution in [0.3, 0.4) is 0 Å². The van der Waals surface area contributed by atoms with Gasteiger partial charge in [-0.05, 0) is 6.07 Å². The minimum absolute atomic E-state index is 0.282. The van der Waals surface area contributed by atoms with E-state index in [1.54, 1.807) is 0 Å². The van der Waals surface area contributed by atoms with Crippen molar-refractivity contribution >= 4 is 11.6 Å². The zero-order valence-electron chi connectivity index (χ0n) is 6.27. The Hall–Kier alpha value is -0.810. The summed E-state index contributed by atoms with van der Waals surface area (Å²) < 4.78 is 37.0. The summed E-state index contributed by atoms with van der Waals surface area (Å²) in [5.41, 5.74) is -0.925. The van der Waals surface area contributed by atoms with Crippen LogP contribution in [0, 0.1) is 5.82 Å². The fraction of sp³-hybridized carbons (Fsp3) is 0.286. The Balaban J connectivity index is 3.22. The van der Waals surface area contributed by atoms with Crippen LogP contribution >= 0.6 is 11.6 Å². The molecule has 1 N–H and O–H groups in total. The first-order valence-corrected chi connectivity index (χ1v) is 3.68. The molecule has 1 heterocycles. The number of halogens is 4. The molecule has 1 rings (SSSR count). The van der Waals surface area contributed by atoms with Crippen molar-refractivity contribution in [3.63, 3.8) is 0 Å². The number of alkyl halides is 2. The standard InChI is InChI=1S/C7H5ClF3NO/c8-6-5(9)3(2-13)1-4(12-6)7(10)11/h1,7,13H,2H2. The molecule has 0 saturated heterocycles. The molecule has 72 valence electrons. The number of nitrogens with zero attached hydrogens (tertiary/aromatic N) is 1. The van der Waals surface area contributed by atoms with E-state index in [2.05, 4.69) is 4.98 Å². The van der Waals surface area contributed by atoms with E-state index >= 15 is 0 Å². The molecule has 0 atom stereocenters. The van der Waals surface area contributed by atoms with Crippen molar-refractivity contribution in [2.75, 3.05) is 0 Å². The van der Waals surface area contributed by atoms with Gasteiger partial charge in [0.25, 0.3) is 6.43 Å². The monoisotopic (exact) mass is 211 g/mol. The first-order valence-electron chi connectivity index (χ1n) is 3.30. The molecule has 0 aromatic carbocycles. The Bertz CT molecular complexity index is 319. The van der Waals surface area contributed by atoms with Crippen molar-refractivity contribution in [3.8, 4) is 0 Å².